The third-order valence-electron chi connectivity index (χ3n) is 21.9. The molecular weight excluding hydrogens is 1400 g/mol. The minimum atomic E-state index is 0.926. The minimum absolute atomic E-state index is 0.926. The fourth-order valence-corrected chi connectivity index (χ4v) is 16.4. The van der Waals surface area contributed by atoms with Crippen LogP contribution in [0, 0.1) is 104 Å². The Morgan fingerprint density at radius 2 is 0.365 bits per heavy atom. The summed E-state index contributed by atoms with van der Waals surface area (Å²) in [5.41, 5.74) is 43.8. The first-order valence-electron chi connectivity index (χ1n) is 40.0. The van der Waals surface area contributed by atoms with Crippen LogP contribution in [-0.4, -0.2) is 4.57 Å². The summed E-state index contributed by atoms with van der Waals surface area (Å²) >= 11 is 0. The van der Waals surface area contributed by atoms with Crippen molar-refractivity contribution in [1.82, 2.24) is 4.57 Å². The molecule has 0 fully saturated rings. The molecule has 0 aliphatic carbocycles. The van der Waals surface area contributed by atoms with Crippen LogP contribution < -0.4 is 0 Å². The van der Waals surface area contributed by atoms with Gasteiger partial charge in [-0.3, -0.25) is 0 Å². The maximum atomic E-state index is 6.08. The van der Waals surface area contributed by atoms with E-state index in [1.54, 1.807) is 0 Å². The lowest BCUT2D eigenvalue weighted by Crippen LogP contribution is -1.93. The second kappa shape index (κ2) is 32.1. The van der Waals surface area contributed by atoms with Gasteiger partial charge in [-0.2, -0.15) is 0 Å². The highest BCUT2D eigenvalue weighted by atomic mass is 16.3. The van der Waals surface area contributed by atoms with E-state index in [1.807, 2.05) is 0 Å². The van der Waals surface area contributed by atoms with E-state index in [4.69, 9.17) is 13.3 Å². The van der Waals surface area contributed by atoms with Gasteiger partial charge in [0.15, 0.2) is 0 Å². The molecule has 115 heavy (non-hydrogen) atoms. The van der Waals surface area contributed by atoms with Gasteiger partial charge in [-0.1, -0.05) is 266 Å². The van der Waals surface area contributed by atoms with Crippen LogP contribution in [0.15, 0.2) is 329 Å². The number of hydrogen-bond donors (Lipinski definition) is 0. The maximum Gasteiger partial charge on any atom is 0.135 e. The molecule has 20 rings (SSSR count). The standard InChI is InChI=1S/C33H24O2.C21H19N.C21H18O.C21H20.C15H16/c1-19-4-8-30-26(14-19)28-17-22(6-10-32(28)34-30)24-12-21(3)13-25(16-24)23-7-11-33-29(18-23)27-15-20(2)5-9-31(27)35-33;1-14-4-8-17(9-5-14)22-20-10-6-15(2)12-18(20)19-13-16(3)7-11-21(19)22;1-13-4-6-20-18(11-13)19-12-16(5-7-21(19)22-20)17-9-14(2)8-15(3)10-17;1-15-6-4-8-18(10-15)20-12-17(3)13-21(14-20)19-9-5-7-16(2)11-19;1-11-5-4-6-14(8-11)15-9-12(2)7-13(3)10-15/h4-18H,1-3H3;4-13H,1-3H3;4-12H,1-3H3;4-14H,1-3H3;4-10H,1-3H3. The lowest BCUT2D eigenvalue weighted by molar-refractivity contribution is 0.668. The third kappa shape index (κ3) is 16.7. The highest BCUT2D eigenvalue weighted by molar-refractivity contribution is 6.11. The highest BCUT2D eigenvalue weighted by Crippen LogP contribution is 2.40. The van der Waals surface area contributed by atoms with Crippen molar-refractivity contribution in [2.45, 2.75) is 104 Å². The van der Waals surface area contributed by atoms with Gasteiger partial charge in [-0.05, 0) is 303 Å². The van der Waals surface area contributed by atoms with Gasteiger partial charge in [-0.15, -0.1) is 0 Å². The van der Waals surface area contributed by atoms with Gasteiger partial charge >= 0.3 is 0 Å². The van der Waals surface area contributed by atoms with Gasteiger partial charge in [0.2, 0.25) is 0 Å². The number of aromatic nitrogens is 1. The molecule has 0 aliphatic heterocycles. The average molecular weight is 1490 g/mol. The molecule has 0 bridgehead atoms. The van der Waals surface area contributed by atoms with E-state index in [0.717, 1.165) is 44.3 Å². The molecule has 0 aliphatic rings. The lowest BCUT2D eigenvalue weighted by atomic mass is 9.95. The summed E-state index contributed by atoms with van der Waals surface area (Å²) in [7, 11) is 0. The second-order valence-corrected chi connectivity index (χ2v) is 32.2. The average Bonchev–Trinajstić information content (AvgIpc) is 1.60. The number of furan rings is 3. The molecule has 0 saturated heterocycles. The van der Waals surface area contributed by atoms with Gasteiger partial charge in [-0.25, -0.2) is 0 Å². The van der Waals surface area contributed by atoms with E-state index in [1.165, 1.54) is 199 Å². The Balaban J connectivity index is 0.000000111. The van der Waals surface area contributed by atoms with Gasteiger partial charge in [0.1, 0.15) is 33.5 Å². The fraction of sp³-hybridized carbons (Fsp3) is 0.135. The van der Waals surface area contributed by atoms with E-state index in [9.17, 15) is 0 Å². The predicted molar refractivity (Wildman–Crippen MR) is 492 cm³/mol. The van der Waals surface area contributed by atoms with Crippen LogP contribution >= 0.6 is 0 Å². The number of nitrogens with zero attached hydrogens (tertiary/aromatic N) is 1. The minimum Gasteiger partial charge on any atom is -0.456 e. The lowest BCUT2D eigenvalue weighted by Gasteiger charge is -2.09. The van der Waals surface area contributed by atoms with Gasteiger partial charge in [0.05, 0.1) is 11.0 Å². The maximum absolute atomic E-state index is 6.08. The summed E-state index contributed by atoms with van der Waals surface area (Å²) < 4.78 is 20.5. The van der Waals surface area contributed by atoms with Crippen molar-refractivity contribution >= 4 is 87.6 Å². The van der Waals surface area contributed by atoms with E-state index >= 15 is 0 Å². The van der Waals surface area contributed by atoms with Crippen LogP contribution in [0.2, 0.25) is 0 Å². The monoisotopic (exact) mass is 1490 g/mol. The van der Waals surface area contributed by atoms with Crippen LogP contribution in [0.3, 0.4) is 0 Å². The molecule has 0 amide bonds. The van der Waals surface area contributed by atoms with Crippen LogP contribution in [0.4, 0.5) is 0 Å². The molecule has 4 nitrogen and oxygen atoms in total. The summed E-state index contributed by atoms with van der Waals surface area (Å²) in [6, 6.07) is 114. The smallest absolute Gasteiger partial charge is 0.135 e. The van der Waals surface area contributed by atoms with E-state index in [2.05, 4.69) is 424 Å². The molecule has 0 saturated carbocycles. The quantitative estimate of drug-likeness (QED) is 0.160. The first kappa shape index (κ1) is 75.7. The zero-order valence-electron chi connectivity index (χ0n) is 68.7. The molecule has 0 atom stereocenters. The van der Waals surface area contributed by atoms with Crippen molar-refractivity contribution in [3.8, 4) is 72.4 Å². The predicted octanol–water partition coefficient (Wildman–Crippen LogP) is 31.9. The van der Waals surface area contributed by atoms with Crippen molar-refractivity contribution in [1.29, 1.82) is 0 Å². The number of benzene rings is 16. The summed E-state index contributed by atoms with van der Waals surface area (Å²) in [6.07, 6.45) is 0. The molecule has 0 N–H and O–H groups in total. The third-order valence-corrected chi connectivity index (χ3v) is 21.9. The van der Waals surface area contributed by atoms with E-state index in [-0.39, 0.29) is 0 Å². The molecule has 564 valence electrons. The van der Waals surface area contributed by atoms with Crippen molar-refractivity contribution in [2.24, 2.45) is 0 Å². The Labute approximate surface area is 676 Å². The van der Waals surface area contributed by atoms with Crippen molar-refractivity contribution < 1.29 is 13.3 Å². The second-order valence-electron chi connectivity index (χ2n) is 32.2. The molecule has 4 heteroatoms. The van der Waals surface area contributed by atoms with Gasteiger partial charge in [0.25, 0.3) is 0 Å². The number of hydrogen-bond acceptors (Lipinski definition) is 3. The van der Waals surface area contributed by atoms with Crippen LogP contribution in [0.25, 0.3) is 160 Å². The Morgan fingerprint density at radius 3 is 0.661 bits per heavy atom. The Bertz CT molecular complexity index is 6780. The van der Waals surface area contributed by atoms with Gasteiger partial charge < -0.3 is 17.8 Å². The van der Waals surface area contributed by atoms with E-state index < -0.39 is 0 Å². The zero-order chi connectivity index (χ0) is 79.9. The molecule has 0 spiro atoms. The summed E-state index contributed by atoms with van der Waals surface area (Å²) in [6.45, 7) is 32.1. The van der Waals surface area contributed by atoms with Crippen LogP contribution in [-0.2, 0) is 0 Å². The van der Waals surface area contributed by atoms with Crippen LogP contribution in [0.1, 0.15) is 83.5 Å². The summed E-state index contributed by atoms with van der Waals surface area (Å²) in [5.74, 6) is 0. The normalized spacial score (nSPS) is 11.3. The highest BCUT2D eigenvalue weighted by Gasteiger charge is 2.17. The number of fused-ring (bicyclic) bond motifs is 12. The van der Waals surface area contributed by atoms with Crippen molar-refractivity contribution in [3.63, 3.8) is 0 Å². The SMILES string of the molecule is Cc1cc(-c2ccc3oc4ccc(C)cc4c3c2)cc(-c2ccc3oc4ccc(C)cc4c3c2)c1.Cc1cc(C)cc(-c2ccc3oc4ccc(C)cc4c3c2)c1.Cc1ccc(-n2c3ccc(C)cc3c3cc(C)ccc32)cc1.Cc1cccc(-c2cc(C)cc(-c3cccc(C)c3)c2)c1.Cc1cccc(-c2cc(C)cc(C)c2)c1. The first-order valence-corrected chi connectivity index (χ1v) is 40.0. The molecule has 4 aromatic heterocycles. The molecule has 0 radical (unpaired) electrons. The Morgan fingerprint density at radius 1 is 0.148 bits per heavy atom. The topological polar surface area (TPSA) is 44.4 Å². The largest absolute Gasteiger partial charge is 0.456 e. The molecular formula is C111H97NO3. The van der Waals surface area contributed by atoms with Crippen LogP contribution in [0.5, 0.6) is 0 Å². The van der Waals surface area contributed by atoms with Crippen molar-refractivity contribution in [2.75, 3.05) is 0 Å². The Hall–Kier alpha value is -13.3. The number of aryl methyl sites for hydroxylation is 15. The molecule has 20 aromatic rings. The molecule has 0 unspecified atom stereocenters. The molecule has 16 aromatic carbocycles. The fourth-order valence-electron chi connectivity index (χ4n) is 16.4. The molecule has 4 heterocycles. The van der Waals surface area contributed by atoms with Crippen molar-refractivity contribution in [3.05, 3.63) is 399 Å². The zero-order valence-corrected chi connectivity index (χ0v) is 68.7. The van der Waals surface area contributed by atoms with E-state index in [0.29, 0.717) is 0 Å². The summed E-state index contributed by atoms with van der Waals surface area (Å²) in [4.78, 5) is 0. The van der Waals surface area contributed by atoms with Gasteiger partial charge in [0, 0.05) is 48.8 Å². The Kier molecular flexibility index (Phi) is 21.1. The summed E-state index contributed by atoms with van der Waals surface area (Å²) in [5, 5.41) is 9.71. The number of rotatable bonds is 7. The first-order chi connectivity index (χ1) is 55.5.